The zero-order valence-corrected chi connectivity index (χ0v) is 15.3. The van der Waals surface area contributed by atoms with Crippen molar-refractivity contribution >= 4 is 38.9 Å². The third-order valence-corrected chi connectivity index (χ3v) is 6.00. The van der Waals surface area contributed by atoms with Crippen molar-refractivity contribution in [2.45, 2.75) is 13.3 Å². The molecule has 0 unspecified atom stereocenters. The molecule has 1 fully saturated rings. The van der Waals surface area contributed by atoms with Gasteiger partial charge in [-0.05, 0) is 49.2 Å². The fraction of sp³-hybridized carbons (Fsp3) is 0.222. The van der Waals surface area contributed by atoms with Crippen LogP contribution in [0.1, 0.15) is 12.0 Å². The van der Waals surface area contributed by atoms with Gasteiger partial charge in [-0.25, -0.2) is 12.8 Å². The average Bonchev–Trinajstić information content (AvgIpc) is 2.97. The SMILES string of the molecule is Cc1ccc(NC(=O)C(=O)Nc2cccc(N3CCCS3(=O)=O)c2)cc1F. The molecular weight excluding hydrogens is 373 g/mol. The molecule has 2 aromatic rings. The van der Waals surface area contributed by atoms with E-state index in [1.54, 1.807) is 25.1 Å². The number of amides is 2. The van der Waals surface area contributed by atoms with Gasteiger partial charge in [0.05, 0.1) is 11.4 Å². The summed E-state index contributed by atoms with van der Waals surface area (Å²) in [5, 5.41) is 4.73. The Labute approximate surface area is 156 Å². The average molecular weight is 391 g/mol. The molecule has 1 aliphatic heterocycles. The van der Waals surface area contributed by atoms with Crippen LogP contribution in [-0.4, -0.2) is 32.5 Å². The van der Waals surface area contributed by atoms with Crippen LogP contribution in [0, 0.1) is 12.7 Å². The van der Waals surface area contributed by atoms with E-state index in [1.807, 2.05) is 0 Å². The number of benzene rings is 2. The van der Waals surface area contributed by atoms with Gasteiger partial charge >= 0.3 is 11.8 Å². The molecule has 1 aliphatic rings. The Balaban J connectivity index is 1.69. The molecule has 0 aliphatic carbocycles. The first-order chi connectivity index (χ1) is 12.8. The molecule has 7 nitrogen and oxygen atoms in total. The number of carbonyl (C=O) groups is 2. The van der Waals surface area contributed by atoms with E-state index in [0.29, 0.717) is 24.2 Å². The summed E-state index contributed by atoms with van der Waals surface area (Å²) in [6.45, 7) is 1.96. The van der Waals surface area contributed by atoms with Crippen molar-refractivity contribution in [2.75, 3.05) is 27.2 Å². The van der Waals surface area contributed by atoms with Gasteiger partial charge in [0.1, 0.15) is 5.82 Å². The molecule has 0 atom stereocenters. The lowest BCUT2D eigenvalue weighted by molar-refractivity contribution is -0.132. The molecule has 0 spiro atoms. The molecule has 0 saturated carbocycles. The minimum Gasteiger partial charge on any atom is -0.318 e. The summed E-state index contributed by atoms with van der Waals surface area (Å²) in [5.41, 5.74) is 1.29. The number of nitrogens with zero attached hydrogens (tertiary/aromatic N) is 1. The predicted octanol–water partition coefficient (Wildman–Crippen LogP) is 2.25. The Morgan fingerprint density at radius 2 is 1.70 bits per heavy atom. The van der Waals surface area contributed by atoms with E-state index in [2.05, 4.69) is 10.6 Å². The second-order valence-corrected chi connectivity index (χ2v) is 8.18. The summed E-state index contributed by atoms with van der Waals surface area (Å²) < 4.78 is 38.8. The van der Waals surface area contributed by atoms with Crippen molar-refractivity contribution in [3.05, 3.63) is 53.8 Å². The van der Waals surface area contributed by atoms with Gasteiger partial charge in [-0.2, -0.15) is 0 Å². The number of halogens is 1. The number of rotatable bonds is 3. The highest BCUT2D eigenvalue weighted by molar-refractivity contribution is 7.93. The van der Waals surface area contributed by atoms with Crippen LogP contribution in [0.2, 0.25) is 0 Å². The number of anilines is 3. The van der Waals surface area contributed by atoms with Gasteiger partial charge in [-0.1, -0.05) is 12.1 Å². The molecule has 0 bridgehead atoms. The first-order valence-electron chi connectivity index (χ1n) is 8.25. The fourth-order valence-electron chi connectivity index (χ4n) is 2.71. The van der Waals surface area contributed by atoms with Crippen molar-refractivity contribution in [1.82, 2.24) is 0 Å². The van der Waals surface area contributed by atoms with Crippen LogP contribution in [0.25, 0.3) is 0 Å². The van der Waals surface area contributed by atoms with Gasteiger partial charge in [0.25, 0.3) is 0 Å². The Morgan fingerprint density at radius 3 is 2.30 bits per heavy atom. The minimum absolute atomic E-state index is 0.0824. The lowest BCUT2D eigenvalue weighted by atomic mass is 10.2. The van der Waals surface area contributed by atoms with Crippen LogP contribution in [-0.2, 0) is 19.6 Å². The monoisotopic (exact) mass is 391 g/mol. The van der Waals surface area contributed by atoms with E-state index in [4.69, 9.17) is 0 Å². The van der Waals surface area contributed by atoms with Crippen LogP contribution >= 0.6 is 0 Å². The number of sulfonamides is 1. The first kappa shape index (κ1) is 18.8. The van der Waals surface area contributed by atoms with E-state index in [-0.39, 0.29) is 17.1 Å². The third kappa shape index (κ3) is 4.25. The van der Waals surface area contributed by atoms with Gasteiger partial charge < -0.3 is 10.6 Å². The number of carbonyl (C=O) groups excluding carboxylic acids is 2. The van der Waals surface area contributed by atoms with E-state index in [0.717, 1.165) is 6.07 Å². The van der Waals surface area contributed by atoms with E-state index >= 15 is 0 Å². The summed E-state index contributed by atoms with van der Waals surface area (Å²) in [7, 11) is -3.34. The molecule has 3 rings (SSSR count). The predicted molar refractivity (Wildman–Crippen MR) is 101 cm³/mol. The standard InChI is InChI=1S/C18H18FN3O4S/c1-12-6-7-14(11-16(12)19)21-18(24)17(23)20-13-4-2-5-15(10-13)22-8-3-9-27(22,25)26/h2,4-7,10-11H,3,8-9H2,1H3,(H,20,23)(H,21,24). The number of aryl methyl sites for hydroxylation is 1. The molecule has 2 aromatic carbocycles. The summed E-state index contributed by atoms with van der Waals surface area (Å²) in [5.74, 6) is -2.32. The van der Waals surface area contributed by atoms with Gasteiger partial charge in [0.15, 0.2) is 0 Å². The summed E-state index contributed by atoms with van der Waals surface area (Å²) in [6.07, 6.45) is 0.536. The molecule has 2 N–H and O–H groups in total. The Kier molecular flexibility index (Phi) is 5.13. The van der Waals surface area contributed by atoms with E-state index < -0.39 is 27.7 Å². The summed E-state index contributed by atoms with van der Waals surface area (Å²) in [6, 6.07) is 10.3. The third-order valence-electron chi connectivity index (χ3n) is 4.13. The van der Waals surface area contributed by atoms with Crippen LogP contribution in [0.3, 0.4) is 0 Å². The molecule has 9 heteroatoms. The number of nitrogens with one attached hydrogen (secondary N) is 2. The lowest BCUT2D eigenvalue weighted by Gasteiger charge is -2.17. The maximum absolute atomic E-state index is 13.5. The smallest absolute Gasteiger partial charge is 0.314 e. The molecule has 1 saturated heterocycles. The normalized spacial score (nSPS) is 15.4. The van der Waals surface area contributed by atoms with E-state index in [9.17, 15) is 22.4 Å². The van der Waals surface area contributed by atoms with Crippen molar-refractivity contribution in [3.63, 3.8) is 0 Å². The minimum atomic E-state index is -3.34. The van der Waals surface area contributed by atoms with Crippen molar-refractivity contribution in [1.29, 1.82) is 0 Å². The molecule has 142 valence electrons. The maximum Gasteiger partial charge on any atom is 0.314 e. The Hall–Kier alpha value is -2.94. The fourth-order valence-corrected chi connectivity index (χ4v) is 4.27. The molecule has 0 radical (unpaired) electrons. The number of hydrogen-bond donors (Lipinski definition) is 2. The maximum atomic E-state index is 13.5. The molecule has 2 amide bonds. The highest BCUT2D eigenvalue weighted by atomic mass is 32.2. The van der Waals surface area contributed by atoms with Crippen molar-refractivity contribution in [2.24, 2.45) is 0 Å². The molecule has 1 heterocycles. The zero-order valence-electron chi connectivity index (χ0n) is 14.5. The Bertz CT molecular complexity index is 1010. The molecule has 0 aromatic heterocycles. The van der Waals surface area contributed by atoms with E-state index in [1.165, 1.54) is 22.5 Å². The highest BCUT2D eigenvalue weighted by Crippen LogP contribution is 2.26. The van der Waals surface area contributed by atoms with Crippen molar-refractivity contribution < 1.29 is 22.4 Å². The highest BCUT2D eigenvalue weighted by Gasteiger charge is 2.28. The van der Waals surface area contributed by atoms with Crippen LogP contribution in [0.4, 0.5) is 21.5 Å². The topological polar surface area (TPSA) is 95.6 Å². The van der Waals surface area contributed by atoms with Crippen LogP contribution in [0.15, 0.2) is 42.5 Å². The largest absolute Gasteiger partial charge is 0.318 e. The first-order valence-corrected chi connectivity index (χ1v) is 9.86. The molecule has 27 heavy (non-hydrogen) atoms. The van der Waals surface area contributed by atoms with Crippen LogP contribution < -0.4 is 14.9 Å². The summed E-state index contributed by atoms with van der Waals surface area (Å²) >= 11 is 0. The summed E-state index contributed by atoms with van der Waals surface area (Å²) in [4.78, 5) is 24.1. The lowest BCUT2D eigenvalue weighted by Crippen LogP contribution is -2.29. The van der Waals surface area contributed by atoms with Crippen molar-refractivity contribution in [3.8, 4) is 0 Å². The Morgan fingerprint density at radius 1 is 1.04 bits per heavy atom. The second kappa shape index (κ2) is 7.36. The quantitative estimate of drug-likeness (QED) is 0.785. The van der Waals surface area contributed by atoms with Gasteiger partial charge in [-0.3, -0.25) is 13.9 Å². The second-order valence-electron chi connectivity index (χ2n) is 6.16. The van der Waals surface area contributed by atoms with Crippen LogP contribution in [0.5, 0.6) is 0 Å². The van der Waals surface area contributed by atoms with Gasteiger partial charge in [0, 0.05) is 17.9 Å². The molecular formula is C18H18FN3O4S. The van der Waals surface area contributed by atoms with Gasteiger partial charge in [0.2, 0.25) is 10.0 Å². The number of hydrogen-bond acceptors (Lipinski definition) is 4. The van der Waals surface area contributed by atoms with Gasteiger partial charge in [-0.15, -0.1) is 0 Å². The zero-order chi connectivity index (χ0) is 19.6.